The molecule has 1 fully saturated rings. The number of ether oxygens (including phenoxy) is 2. The molecule has 0 aliphatic carbocycles. The van der Waals surface area contributed by atoms with Crippen LogP contribution in [0, 0.1) is 5.41 Å². The summed E-state index contributed by atoms with van der Waals surface area (Å²) in [5.41, 5.74) is 0.804. The summed E-state index contributed by atoms with van der Waals surface area (Å²) >= 11 is 0. The standard InChI is InChI=1S/C19H28N2O4/c1-19(2)9-8-16(25-13-19)11-18(23)21(12-17(22)20-3)14-6-5-7-15(10-14)24-4/h5-7,10,16H,8-9,11-13H2,1-4H3,(H,20,22). The predicted molar refractivity (Wildman–Crippen MR) is 96.8 cm³/mol. The molecular weight excluding hydrogens is 320 g/mol. The third-order valence-electron chi connectivity index (χ3n) is 4.50. The number of hydrogen-bond acceptors (Lipinski definition) is 4. The molecular formula is C19H28N2O4. The maximum atomic E-state index is 12.8. The van der Waals surface area contributed by atoms with Crippen LogP contribution < -0.4 is 15.0 Å². The summed E-state index contributed by atoms with van der Waals surface area (Å²) in [6.07, 6.45) is 2.05. The van der Waals surface area contributed by atoms with Crippen molar-refractivity contribution in [2.75, 3.05) is 32.2 Å². The van der Waals surface area contributed by atoms with Gasteiger partial charge in [-0.25, -0.2) is 0 Å². The average Bonchev–Trinajstić information content (AvgIpc) is 2.61. The largest absolute Gasteiger partial charge is 0.497 e. The molecule has 1 aromatic rings. The van der Waals surface area contributed by atoms with Crippen molar-refractivity contribution in [3.05, 3.63) is 24.3 Å². The SMILES string of the molecule is CNC(=O)CN(C(=O)CC1CCC(C)(C)CO1)c1cccc(OC)c1. The molecule has 1 heterocycles. The molecule has 1 aliphatic heterocycles. The van der Waals surface area contributed by atoms with Crippen LogP contribution in [0.4, 0.5) is 5.69 Å². The van der Waals surface area contributed by atoms with Crippen LogP contribution in [0.3, 0.4) is 0 Å². The summed E-state index contributed by atoms with van der Waals surface area (Å²) in [6, 6.07) is 7.16. The van der Waals surface area contributed by atoms with Crippen LogP contribution in [-0.2, 0) is 14.3 Å². The van der Waals surface area contributed by atoms with Crippen LogP contribution in [0.5, 0.6) is 5.75 Å². The van der Waals surface area contributed by atoms with E-state index in [1.807, 2.05) is 0 Å². The first kappa shape index (κ1) is 19.2. The third kappa shape index (κ3) is 5.46. The number of nitrogens with one attached hydrogen (secondary N) is 1. The first-order chi connectivity index (χ1) is 11.8. The van der Waals surface area contributed by atoms with Gasteiger partial charge < -0.3 is 19.7 Å². The minimum absolute atomic E-state index is 0.0271. The third-order valence-corrected chi connectivity index (χ3v) is 4.50. The second-order valence-electron chi connectivity index (χ2n) is 7.19. The second-order valence-corrected chi connectivity index (χ2v) is 7.19. The van der Waals surface area contributed by atoms with E-state index in [4.69, 9.17) is 9.47 Å². The molecule has 0 aromatic heterocycles. The smallest absolute Gasteiger partial charge is 0.239 e. The molecule has 6 heteroatoms. The van der Waals surface area contributed by atoms with Gasteiger partial charge in [0.15, 0.2) is 0 Å². The fourth-order valence-electron chi connectivity index (χ4n) is 2.84. The van der Waals surface area contributed by atoms with Crippen LogP contribution in [0.2, 0.25) is 0 Å². The second kappa shape index (κ2) is 8.34. The van der Waals surface area contributed by atoms with E-state index >= 15 is 0 Å². The van der Waals surface area contributed by atoms with E-state index in [-0.39, 0.29) is 36.3 Å². The first-order valence-electron chi connectivity index (χ1n) is 8.61. The van der Waals surface area contributed by atoms with Gasteiger partial charge in [-0.2, -0.15) is 0 Å². The van der Waals surface area contributed by atoms with E-state index in [1.54, 1.807) is 38.4 Å². The molecule has 25 heavy (non-hydrogen) atoms. The molecule has 2 amide bonds. The van der Waals surface area contributed by atoms with E-state index in [1.165, 1.54) is 4.90 Å². The maximum absolute atomic E-state index is 12.8. The quantitative estimate of drug-likeness (QED) is 0.857. The minimum atomic E-state index is -0.220. The van der Waals surface area contributed by atoms with E-state index in [9.17, 15) is 9.59 Å². The summed E-state index contributed by atoms with van der Waals surface area (Å²) in [4.78, 5) is 26.2. The molecule has 0 radical (unpaired) electrons. The summed E-state index contributed by atoms with van der Waals surface area (Å²) in [5, 5.41) is 2.57. The first-order valence-corrected chi connectivity index (χ1v) is 8.61. The van der Waals surface area contributed by atoms with Crippen molar-refractivity contribution in [2.24, 2.45) is 5.41 Å². The molecule has 1 N–H and O–H groups in total. The maximum Gasteiger partial charge on any atom is 0.239 e. The number of carbonyl (C=O) groups excluding carboxylic acids is 2. The van der Waals surface area contributed by atoms with E-state index in [2.05, 4.69) is 19.2 Å². The number of nitrogens with zero attached hydrogens (tertiary/aromatic N) is 1. The lowest BCUT2D eigenvalue weighted by Gasteiger charge is -2.35. The highest BCUT2D eigenvalue weighted by molar-refractivity contribution is 5.99. The van der Waals surface area contributed by atoms with Crippen molar-refractivity contribution in [2.45, 2.75) is 39.2 Å². The number of rotatable bonds is 6. The number of amides is 2. The average molecular weight is 348 g/mol. The number of benzene rings is 1. The van der Waals surface area contributed by atoms with Gasteiger partial charge in [0.25, 0.3) is 0 Å². The zero-order valence-electron chi connectivity index (χ0n) is 15.5. The van der Waals surface area contributed by atoms with Crippen molar-refractivity contribution in [1.82, 2.24) is 5.32 Å². The Kier molecular flexibility index (Phi) is 6.42. The Morgan fingerprint density at radius 2 is 2.16 bits per heavy atom. The fourth-order valence-corrected chi connectivity index (χ4v) is 2.84. The van der Waals surface area contributed by atoms with Crippen molar-refractivity contribution in [1.29, 1.82) is 0 Å². The number of likely N-dealkylation sites (N-methyl/N-ethyl adjacent to an activating group) is 1. The van der Waals surface area contributed by atoms with Crippen LogP contribution in [0.25, 0.3) is 0 Å². The van der Waals surface area contributed by atoms with Gasteiger partial charge in [0, 0.05) is 18.8 Å². The molecule has 0 bridgehead atoms. The Balaban J connectivity index is 2.11. The summed E-state index contributed by atoms with van der Waals surface area (Å²) in [5.74, 6) is 0.297. The summed E-state index contributed by atoms with van der Waals surface area (Å²) < 4.78 is 11.1. The molecule has 1 aromatic carbocycles. The van der Waals surface area contributed by atoms with Gasteiger partial charge in [0.2, 0.25) is 11.8 Å². The molecule has 2 rings (SSSR count). The fraction of sp³-hybridized carbons (Fsp3) is 0.579. The Morgan fingerprint density at radius 1 is 1.40 bits per heavy atom. The predicted octanol–water partition coefficient (Wildman–Crippen LogP) is 2.37. The zero-order valence-corrected chi connectivity index (χ0v) is 15.5. The summed E-state index contributed by atoms with van der Waals surface area (Å²) in [7, 11) is 3.13. The van der Waals surface area contributed by atoms with Gasteiger partial charge in [-0.1, -0.05) is 19.9 Å². The van der Waals surface area contributed by atoms with E-state index in [0.29, 0.717) is 18.0 Å². The van der Waals surface area contributed by atoms with Gasteiger partial charge in [-0.15, -0.1) is 0 Å². The Hall–Kier alpha value is -2.08. The summed E-state index contributed by atoms with van der Waals surface area (Å²) in [6.45, 7) is 4.96. The monoisotopic (exact) mass is 348 g/mol. The van der Waals surface area contributed by atoms with Gasteiger partial charge >= 0.3 is 0 Å². The molecule has 1 unspecified atom stereocenters. The molecule has 1 saturated heterocycles. The van der Waals surface area contributed by atoms with Crippen LogP contribution >= 0.6 is 0 Å². The van der Waals surface area contributed by atoms with Crippen molar-refractivity contribution in [3.63, 3.8) is 0 Å². The Labute approximate surface area is 149 Å². The number of anilines is 1. The molecule has 0 saturated carbocycles. The van der Waals surface area contributed by atoms with Gasteiger partial charge in [0.05, 0.1) is 26.2 Å². The molecule has 1 atom stereocenters. The van der Waals surface area contributed by atoms with Gasteiger partial charge in [0.1, 0.15) is 12.3 Å². The van der Waals surface area contributed by atoms with E-state index < -0.39 is 0 Å². The number of methoxy groups -OCH3 is 1. The van der Waals surface area contributed by atoms with Crippen molar-refractivity contribution < 1.29 is 19.1 Å². The molecule has 1 aliphatic rings. The molecule has 6 nitrogen and oxygen atoms in total. The topological polar surface area (TPSA) is 67.9 Å². The molecule has 138 valence electrons. The Morgan fingerprint density at radius 3 is 2.76 bits per heavy atom. The highest BCUT2D eigenvalue weighted by Crippen LogP contribution is 2.31. The lowest BCUT2D eigenvalue weighted by molar-refractivity contribution is -0.127. The van der Waals surface area contributed by atoms with Crippen molar-refractivity contribution >= 4 is 17.5 Å². The lowest BCUT2D eigenvalue weighted by Crippen LogP contribution is -2.42. The minimum Gasteiger partial charge on any atom is -0.497 e. The molecule has 0 spiro atoms. The zero-order chi connectivity index (χ0) is 18.4. The van der Waals surface area contributed by atoms with Crippen LogP contribution in [0.15, 0.2) is 24.3 Å². The lowest BCUT2D eigenvalue weighted by atomic mass is 9.85. The number of hydrogen-bond donors (Lipinski definition) is 1. The normalized spacial score (nSPS) is 19.1. The van der Waals surface area contributed by atoms with Crippen LogP contribution in [-0.4, -0.2) is 45.2 Å². The highest BCUT2D eigenvalue weighted by Gasteiger charge is 2.30. The van der Waals surface area contributed by atoms with E-state index in [0.717, 1.165) is 12.8 Å². The van der Waals surface area contributed by atoms with Crippen LogP contribution in [0.1, 0.15) is 33.1 Å². The Bertz CT molecular complexity index is 605. The van der Waals surface area contributed by atoms with Gasteiger partial charge in [-0.3, -0.25) is 9.59 Å². The number of carbonyl (C=O) groups is 2. The highest BCUT2D eigenvalue weighted by atomic mass is 16.5. The van der Waals surface area contributed by atoms with Crippen molar-refractivity contribution in [3.8, 4) is 5.75 Å². The van der Waals surface area contributed by atoms with Gasteiger partial charge in [-0.05, 0) is 30.4 Å².